The lowest BCUT2D eigenvalue weighted by Gasteiger charge is -2.28. The number of aliphatic imine (C=N–C) groups is 1. The van der Waals surface area contributed by atoms with Gasteiger partial charge in [0.1, 0.15) is 0 Å². The molecule has 5 atom stereocenters. The first-order valence-electron chi connectivity index (χ1n) is 5.47. The third-order valence-electron chi connectivity index (χ3n) is 4.61. The summed E-state index contributed by atoms with van der Waals surface area (Å²) in [6, 6.07) is 0.349. The van der Waals surface area contributed by atoms with E-state index in [1.54, 1.807) is 6.08 Å². The summed E-state index contributed by atoms with van der Waals surface area (Å²) >= 11 is 0. The van der Waals surface area contributed by atoms with Crippen LogP contribution < -0.4 is 0 Å². The van der Waals surface area contributed by atoms with E-state index < -0.39 is 0 Å². The third-order valence-corrected chi connectivity index (χ3v) is 4.61. The van der Waals surface area contributed by atoms with Crippen molar-refractivity contribution in [1.29, 1.82) is 0 Å². The summed E-state index contributed by atoms with van der Waals surface area (Å²) in [4.78, 5) is 14.2. The van der Waals surface area contributed by atoms with Crippen LogP contribution in [0.4, 0.5) is 0 Å². The van der Waals surface area contributed by atoms with Crippen LogP contribution in [0.1, 0.15) is 32.1 Å². The molecule has 0 spiro atoms. The summed E-state index contributed by atoms with van der Waals surface area (Å²) in [5.41, 5.74) is 0. The van der Waals surface area contributed by atoms with Crippen molar-refractivity contribution in [2.75, 3.05) is 0 Å². The topological polar surface area (TPSA) is 29.4 Å². The fourth-order valence-electron chi connectivity index (χ4n) is 4.25. The lowest BCUT2D eigenvalue weighted by molar-refractivity contribution is 0.234. The second kappa shape index (κ2) is 2.68. The van der Waals surface area contributed by atoms with Crippen LogP contribution in [0.2, 0.25) is 0 Å². The Bertz CT molecular complexity index is 269. The molecule has 3 saturated carbocycles. The maximum absolute atomic E-state index is 10.2. The Balaban J connectivity index is 1.85. The number of rotatable bonds is 1. The average molecular weight is 177 g/mol. The van der Waals surface area contributed by atoms with E-state index in [-0.39, 0.29) is 0 Å². The average Bonchev–Trinajstić information content (AvgIpc) is 2.72. The Kier molecular flexibility index (Phi) is 1.60. The van der Waals surface area contributed by atoms with Crippen molar-refractivity contribution in [2.24, 2.45) is 28.7 Å². The van der Waals surface area contributed by atoms with Crippen molar-refractivity contribution >= 4 is 6.08 Å². The second-order valence-corrected chi connectivity index (χ2v) is 4.94. The van der Waals surface area contributed by atoms with E-state index >= 15 is 0 Å². The Morgan fingerprint density at radius 3 is 2.77 bits per heavy atom. The second-order valence-electron chi connectivity index (χ2n) is 4.94. The molecule has 2 bridgehead atoms. The van der Waals surface area contributed by atoms with Crippen LogP contribution in [0, 0.1) is 23.7 Å². The Labute approximate surface area is 78.4 Å². The van der Waals surface area contributed by atoms with Gasteiger partial charge < -0.3 is 0 Å². The molecule has 3 rings (SSSR count). The van der Waals surface area contributed by atoms with Crippen molar-refractivity contribution in [2.45, 2.75) is 38.1 Å². The van der Waals surface area contributed by atoms with Gasteiger partial charge in [-0.2, -0.15) is 0 Å². The first-order chi connectivity index (χ1) is 6.40. The monoisotopic (exact) mass is 177 g/mol. The molecule has 0 aliphatic heterocycles. The van der Waals surface area contributed by atoms with E-state index in [9.17, 15) is 4.79 Å². The van der Waals surface area contributed by atoms with Gasteiger partial charge in [0.05, 0.1) is 6.04 Å². The van der Waals surface area contributed by atoms with Crippen LogP contribution in [0.3, 0.4) is 0 Å². The summed E-state index contributed by atoms with van der Waals surface area (Å²) in [5.74, 6) is 3.57. The van der Waals surface area contributed by atoms with Gasteiger partial charge >= 0.3 is 0 Å². The molecule has 3 aliphatic carbocycles. The molecular weight excluding hydrogens is 162 g/mol. The quantitative estimate of drug-likeness (QED) is 0.445. The molecule has 3 fully saturated rings. The van der Waals surface area contributed by atoms with Crippen LogP contribution in [-0.4, -0.2) is 12.1 Å². The Hall–Kier alpha value is -0.620. The van der Waals surface area contributed by atoms with E-state index in [2.05, 4.69) is 4.99 Å². The van der Waals surface area contributed by atoms with Gasteiger partial charge in [-0.25, -0.2) is 9.79 Å². The fourth-order valence-corrected chi connectivity index (χ4v) is 4.25. The van der Waals surface area contributed by atoms with E-state index in [0.29, 0.717) is 6.04 Å². The first-order valence-corrected chi connectivity index (χ1v) is 5.47. The predicted molar refractivity (Wildman–Crippen MR) is 49.0 cm³/mol. The standard InChI is InChI=1S/C11H15NO/c13-6-12-11-5-7-4-10(11)9-3-1-2-8(7)9/h7-11H,1-5H2/t7-,8-,9-,10-,11+/m0/s1. The van der Waals surface area contributed by atoms with E-state index in [1.165, 1.54) is 32.1 Å². The molecule has 0 amide bonds. The van der Waals surface area contributed by atoms with Crippen molar-refractivity contribution < 1.29 is 4.79 Å². The van der Waals surface area contributed by atoms with Gasteiger partial charge in [0, 0.05) is 0 Å². The maximum Gasteiger partial charge on any atom is 0.235 e. The largest absolute Gasteiger partial charge is 0.235 e. The molecule has 3 aliphatic rings. The molecule has 0 saturated heterocycles. The molecule has 0 aromatic carbocycles. The van der Waals surface area contributed by atoms with Crippen LogP contribution in [0.5, 0.6) is 0 Å². The molecular formula is C11H15NO. The van der Waals surface area contributed by atoms with Gasteiger partial charge in [0.2, 0.25) is 6.08 Å². The van der Waals surface area contributed by atoms with Gasteiger partial charge in [0.25, 0.3) is 0 Å². The summed E-state index contributed by atoms with van der Waals surface area (Å²) in [6.07, 6.45) is 8.55. The number of isocyanates is 1. The zero-order valence-corrected chi connectivity index (χ0v) is 7.78. The lowest BCUT2D eigenvalue weighted by atomic mass is 9.79. The molecule has 70 valence electrons. The van der Waals surface area contributed by atoms with Gasteiger partial charge in [-0.1, -0.05) is 6.42 Å². The molecule has 2 nitrogen and oxygen atoms in total. The number of hydrogen-bond donors (Lipinski definition) is 0. The normalized spacial score (nSPS) is 51.8. The SMILES string of the molecule is O=C=N[C@@H]1C[C@@H]2C[C@H]1[C@H]1CCC[C@@H]21. The summed E-state index contributed by atoms with van der Waals surface area (Å²) in [6.45, 7) is 0. The van der Waals surface area contributed by atoms with E-state index in [1.807, 2.05) is 0 Å². The number of hydrogen-bond acceptors (Lipinski definition) is 2. The van der Waals surface area contributed by atoms with Gasteiger partial charge in [-0.05, 0) is 49.4 Å². The molecule has 13 heavy (non-hydrogen) atoms. The predicted octanol–water partition coefficient (Wildman–Crippen LogP) is 2.15. The van der Waals surface area contributed by atoms with Crippen molar-refractivity contribution in [3.63, 3.8) is 0 Å². The molecule has 0 aromatic heterocycles. The van der Waals surface area contributed by atoms with Crippen LogP contribution in [-0.2, 0) is 4.79 Å². The minimum absolute atomic E-state index is 0.349. The Morgan fingerprint density at radius 1 is 1.08 bits per heavy atom. The molecule has 0 N–H and O–H groups in total. The van der Waals surface area contributed by atoms with Gasteiger partial charge in [0.15, 0.2) is 0 Å². The highest BCUT2D eigenvalue weighted by atomic mass is 16.1. The minimum atomic E-state index is 0.349. The van der Waals surface area contributed by atoms with Crippen LogP contribution >= 0.6 is 0 Å². The van der Waals surface area contributed by atoms with Gasteiger partial charge in [-0.15, -0.1) is 0 Å². The zero-order chi connectivity index (χ0) is 8.84. The highest BCUT2D eigenvalue weighted by Gasteiger charge is 2.53. The summed E-state index contributed by atoms with van der Waals surface area (Å²) in [5, 5.41) is 0. The summed E-state index contributed by atoms with van der Waals surface area (Å²) < 4.78 is 0. The number of carbonyl (C=O) groups excluding carboxylic acids is 1. The van der Waals surface area contributed by atoms with Crippen LogP contribution in [0.15, 0.2) is 4.99 Å². The van der Waals surface area contributed by atoms with E-state index in [4.69, 9.17) is 0 Å². The molecule has 0 heterocycles. The van der Waals surface area contributed by atoms with E-state index in [0.717, 1.165) is 23.7 Å². The zero-order valence-electron chi connectivity index (χ0n) is 7.78. The molecule has 0 aromatic rings. The smallest absolute Gasteiger partial charge is 0.211 e. The fraction of sp³-hybridized carbons (Fsp3) is 0.909. The summed E-state index contributed by atoms with van der Waals surface area (Å²) in [7, 11) is 0. The maximum atomic E-state index is 10.2. The van der Waals surface area contributed by atoms with Crippen LogP contribution in [0.25, 0.3) is 0 Å². The Morgan fingerprint density at radius 2 is 1.92 bits per heavy atom. The highest BCUT2D eigenvalue weighted by molar-refractivity contribution is 5.34. The lowest BCUT2D eigenvalue weighted by Crippen LogP contribution is -2.26. The van der Waals surface area contributed by atoms with Crippen molar-refractivity contribution in [3.8, 4) is 0 Å². The molecule has 0 radical (unpaired) electrons. The molecule has 0 unspecified atom stereocenters. The minimum Gasteiger partial charge on any atom is -0.211 e. The number of nitrogens with zero attached hydrogens (tertiary/aromatic N) is 1. The van der Waals surface area contributed by atoms with Crippen molar-refractivity contribution in [1.82, 2.24) is 0 Å². The highest BCUT2D eigenvalue weighted by Crippen LogP contribution is 2.59. The third kappa shape index (κ3) is 0.955. The number of fused-ring (bicyclic) bond motifs is 5. The van der Waals surface area contributed by atoms with Gasteiger partial charge in [-0.3, -0.25) is 0 Å². The molecule has 2 heteroatoms. The van der Waals surface area contributed by atoms with Crippen molar-refractivity contribution in [3.05, 3.63) is 0 Å². The first kappa shape index (κ1) is 7.75.